The molecule has 8 heteroatoms. The van der Waals surface area contributed by atoms with Gasteiger partial charge in [0.2, 0.25) is 0 Å². The molecule has 0 amide bonds. The van der Waals surface area contributed by atoms with E-state index in [0.717, 1.165) is 6.07 Å². The molecule has 0 bridgehead atoms. The number of nitrogens with zero attached hydrogens (tertiary/aromatic N) is 1. The third kappa shape index (κ3) is 3.11. The van der Waals surface area contributed by atoms with Gasteiger partial charge in [0.1, 0.15) is 5.75 Å². The van der Waals surface area contributed by atoms with Crippen LogP contribution in [0.25, 0.3) is 0 Å². The molecule has 2 aromatic carbocycles. The van der Waals surface area contributed by atoms with Gasteiger partial charge in [0.15, 0.2) is 4.90 Å². The number of anilines is 1. The minimum atomic E-state index is -4.14. The van der Waals surface area contributed by atoms with Gasteiger partial charge in [-0.3, -0.25) is 14.8 Å². The van der Waals surface area contributed by atoms with Crippen LogP contribution in [-0.4, -0.2) is 18.4 Å². The topological polar surface area (TPSA) is 110 Å². The summed E-state index contributed by atoms with van der Waals surface area (Å²) in [6.07, 6.45) is 0. The van der Waals surface area contributed by atoms with E-state index in [1.165, 1.54) is 43.3 Å². The van der Waals surface area contributed by atoms with Gasteiger partial charge in [-0.1, -0.05) is 18.2 Å². The quantitative estimate of drug-likeness (QED) is 0.665. The molecule has 0 radical (unpaired) electrons. The maximum Gasteiger partial charge on any atom is 0.290 e. The van der Waals surface area contributed by atoms with Crippen molar-refractivity contribution in [2.45, 2.75) is 11.8 Å². The third-order valence-electron chi connectivity index (χ3n) is 2.75. The Labute approximate surface area is 121 Å². The molecule has 0 unspecified atom stereocenters. The minimum Gasteiger partial charge on any atom is -0.508 e. The number of phenolic OH excluding ortho intramolecular Hbond substituents is 1. The van der Waals surface area contributed by atoms with Crippen LogP contribution in [0.1, 0.15) is 5.56 Å². The molecule has 0 aliphatic rings. The van der Waals surface area contributed by atoms with Crippen molar-refractivity contribution in [1.29, 1.82) is 0 Å². The van der Waals surface area contributed by atoms with Crippen LogP contribution in [0.2, 0.25) is 0 Å². The van der Waals surface area contributed by atoms with Crippen LogP contribution in [0.5, 0.6) is 5.75 Å². The van der Waals surface area contributed by atoms with E-state index in [4.69, 9.17) is 0 Å². The first-order chi connectivity index (χ1) is 9.81. The number of hydrogen-bond acceptors (Lipinski definition) is 5. The van der Waals surface area contributed by atoms with Crippen LogP contribution in [0.3, 0.4) is 0 Å². The molecular formula is C13H12N2O5S. The van der Waals surface area contributed by atoms with Gasteiger partial charge in [0.05, 0.1) is 10.6 Å². The number of rotatable bonds is 4. The summed E-state index contributed by atoms with van der Waals surface area (Å²) in [6, 6.07) is 9.51. The van der Waals surface area contributed by atoms with Crippen molar-refractivity contribution in [3.05, 3.63) is 58.1 Å². The number of aromatic hydroxyl groups is 1. The summed E-state index contributed by atoms with van der Waals surface area (Å²) in [5, 5.41) is 20.3. The molecule has 0 aliphatic carbocycles. The summed E-state index contributed by atoms with van der Waals surface area (Å²) in [5.74, 6) is -0.116. The number of sulfonamides is 1. The molecule has 110 valence electrons. The van der Waals surface area contributed by atoms with Crippen molar-refractivity contribution in [2.24, 2.45) is 0 Å². The van der Waals surface area contributed by atoms with Gasteiger partial charge in [-0.05, 0) is 24.6 Å². The molecule has 0 atom stereocenters. The Kier molecular flexibility index (Phi) is 3.81. The van der Waals surface area contributed by atoms with Crippen molar-refractivity contribution < 1.29 is 18.4 Å². The summed E-state index contributed by atoms with van der Waals surface area (Å²) in [4.78, 5) is 9.86. The van der Waals surface area contributed by atoms with Crippen LogP contribution in [0, 0.1) is 17.0 Å². The number of phenols is 1. The Morgan fingerprint density at radius 3 is 2.48 bits per heavy atom. The highest BCUT2D eigenvalue weighted by molar-refractivity contribution is 7.93. The highest BCUT2D eigenvalue weighted by Crippen LogP contribution is 2.29. The molecule has 7 nitrogen and oxygen atoms in total. The molecule has 0 heterocycles. The summed E-state index contributed by atoms with van der Waals surface area (Å²) in [7, 11) is -4.14. The first-order valence-electron chi connectivity index (χ1n) is 5.87. The fraction of sp³-hybridized carbons (Fsp3) is 0.0769. The lowest BCUT2D eigenvalue weighted by Crippen LogP contribution is -2.16. The molecule has 2 N–H and O–H groups in total. The van der Waals surface area contributed by atoms with Gasteiger partial charge in [-0.2, -0.15) is 0 Å². The van der Waals surface area contributed by atoms with Crippen LogP contribution >= 0.6 is 0 Å². The smallest absolute Gasteiger partial charge is 0.290 e. The number of hydrogen-bond donors (Lipinski definition) is 2. The van der Waals surface area contributed by atoms with Gasteiger partial charge in [0.25, 0.3) is 15.7 Å². The first-order valence-corrected chi connectivity index (χ1v) is 7.35. The Balaban J connectivity index is 2.52. The minimum absolute atomic E-state index is 0.116. The number of benzene rings is 2. The van der Waals surface area contributed by atoms with Crippen LogP contribution < -0.4 is 4.72 Å². The molecule has 0 aromatic heterocycles. The molecule has 2 aromatic rings. The number of nitrogens with one attached hydrogen (secondary N) is 1. The summed E-state index contributed by atoms with van der Waals surface area (Å²) < 4.78 is 26.9. The Hall–Kier alpha value is -2.61. The SMILES string of the molecule is Cc1cccc([N+](=O)[O-])c1S(=O)(=O)Nc1cccc(O)c1. The van der Waals surface area contributed by atoms with Gasteiger partial charge < -0.3 is 5.11 Å². The van der Waals surface area contributed by atoms with Crippen LogP contribution in [-0.2, 0) is 10.0 Å². The maximum atomic E-state index is 12.4. The molecule has 0 aliphatic heterocycles. The number of nitro groups is 1. The lowest BCUT2D eigenvalue weighted by molar-refractivity contribution is -0.387. The lowest BCUT2D eigenvalue weighted by Gasteiger charge is -2.10. The summed E-state index contributed by atoms with van der Waals surface area (Å²) in [6.45, 7) is 1.48. The van der Waals surface area contributed by atoms with E-state index in [-0.39, 0.29) is 17.0 Å². The zero-order valence-electron chi connectivity index (χ0n) is 11.0. The predicted octanol–water partition coefficient (Wildman–Crippen LogP) is 2.41. The molecule has 0 fully saturated rings. The van der Waals surface area contributed by atoms with Crippen molar-refractivity contribution in [3.63, 3.8) is 0 Å². The standard InChI is InChI=1S/C13H12N2O5S/c1-9-4-2-7-12(15(17)18)13(9)21(19,20)14-10-5-3-6-11(16)8-10/h2-8,14,16H,1H3. The van der Waals surface area contributed by atoms with E-state index in [0.29, 0.717) is 0 Å². The van der Waals surface area contributed by atoms with Crippen LogP contribution in [0.15, 0.2) is 47.4 Å². The van der Waals surface area contributed by atoms with Crippen molar-refractivity contribution in [3.8, 4) is 5.75 Å². The normalized spacial score (nSPS) is 11.1. The van der Waals surface area contributed by atoms with E-state index in [2.05, 4.69) is 4.72 Å². The largest absolute Gasteiger partial charge is 0.508 e. The average molecular weight is 308 g/mol. The molecule has 0 spiro atoms. The highest BCUT2D eigenvalue weighted by Gasteiger charge is 2.27. The Morgan fingerprint density at radius 2 is 1.86 bits per heavy atom. The third-order valence-corrected chi connectivity index (χ3v) is 4.33. The fourth-order valence-corrected chi connectivity index (χ4v) is 3.36. The molecule has 21 heavy (non-hydrogen) atoms. The van der Waals surface area contributed by atoms with Gasteiger partial charge in [-0.15, -0.1) is 0 Å². The van der Waals surface area contributed by atoms with Crippen molar-refractivity contribution in [2.75, 3.05) is 4.72 Å². The molecular weight excluding hydrogens is 296 g/mol. The second kappa shape index (κ2) is 5.41. The molecule has 0 saturated heterocycles. The van der Waals surface area contributed by atoms with E-state index < -0.39 is 25.5 Å². The highest BCUT2D eigenvalue weighted by atomic mass is 32.2. The number of aryl methyl sites for hydroxylation is 1. The summed E-state index contributed by atoms with van der Waals surface area (Å²) >= 11 is 0. The van der Waals surface area contributed by atoms with Gasteiger partial charge in [0, 0.05) is 12.1 Å². The molecule has 2 rings (SSSR count). The second-order valence-electron chi connectivity index (χ2n) is 4.34. The van der Waals surface area contributed by atoms with Gasteiger partial charge >= 0.3 is 0 Å². The average Bonchev–Trinajstić information content (AvgIpc) is 2.37. The van der Waals surface area contributed by atoms with E-state index in [9.17, 15) is 23.6 Å². The van der Waals surface area contributed by atoms with E-state index in [1.807, 2.05) is 0 Å². The van der Waals surface area contributed by atoms with Gasteiger partial charge in [-0.25, -0.2) is 8.42 Å². The van der Waals surface area contributed by atoms with Crippen molar-refractivity contribution >= 4 is 21.4 Å². The zero-order chi connectivity index (χ0) is 15.6. The van der Waals surface area contributed by atoms with Crippen LogP contribution in [0.4, 0.5) is 11.4 Å². The number of nitro benzene ring substituents is 1. The van der Waals surface area contributed by atoms with E-state index in [1.54, 1.807) is 0 Å². The predicted molar refractivity (Wildman–Crippen MR) is 76.7 cm³/mol. The molecule has 0 saturated carbocycles. The zero-order valence-corrected chi connectivity index (χ0v) is 11.8. The lowest BCUT2D eigenvalue weighted by atomic mass is 10.2. The van der Waals surface area contributed by atoms with E-state index >= 15 is 0 Å². The Morgan fingerprint density at radius 1 is 1.19 bits per heavy atom. The monoisotopic (exact) mass is 308 g/mol. The maximum absolute atomic E-state index is 12.4. The summed E-state index contributed by atoms with van der Waals surface area (Å²) in [5.41, 5.74) is -0.118. The van der Waals surface area contributed by atoms with Crippen molar-refractivity contribution in [1.82, 2.24) is 0 Å². The fourth-order valence-electron chi connectivity index (χ4n) is 1.91. The second-order valence-corrected chi connectivity index (χ2v) is 5.96. The Bertz CT molecular complexity index is 802. The first kappa shape index (κ1) is 14.8.